The summed E-state index contributed by atoms with van der Waals surface area (Å²) >= 11 is 0. The summed E-state index contributed by atoms with van der Waals surface area (Å²) in [5, 5.41) is 2.51. The van der Waals surface area contributed by atoms with Crippen molar-refractivity contribution in [3.63, 3.8) is 0 Å². The summed E-state index contributed by atoms with van der Waals surface area (Å²) in [7, 11) is 1.71. The fraction of sp³-hybridized carbons (Fsp3) is 0.414. The van der Waals surface area contributed by atoms with Crippen molar-refractivity contribution in [1.82, 2.24) is 25.2 Å². The number of aromatic nitrogens is 3. The van der Waals surface area contributed by atoms with Crippen molar-refractivity contribution < 1.29 is 14.3 Å². The summed E-state index contributed by atoms with van der Waals surface area (Å²) in [4.78, 5) is 44.0. The van der Waals surface area contributed by atoms with Crippen LogP contribution in [0.3, 0.4) is 0 Å². The highest BCUT2D eigenvalue weighted by Crippen LogP contribution is 2.23. The molecule has 1 aliphatic rings. The summed E-state index contributed by atoms with van der Waals surface area (Å²) in [6.45, 7) is 11.2. The van der Waals surface area contributed by atoms with Crippen LogP contribution < -0.4 is 15.1 Å². The van der Waals surface area contributed by atoms with Crippen molar-refractivity contribution in [1.29, 1.82) is 0 Å². The van der Waals surface area contributed by atoms with E-state index >= 15 is 0 Å². The number of nitrogens with zero attached hydrogens (tertiary/aromatic N) is 6. The molecule has 206 valence electrons. The molecule has 0 unspecified atom stereocenters. The minimum atomic E-state index is -0.615. The van der Waals surface area contributed by atoms with Crippen LogP contribution in [0.25, 0.3) is 11.1 Å². The largest absolute Gasteiger partial charge is 0.444 e. The van der Waals surface area contributed by atoms with Crippen LogP contribution in [0.1, 0.15) is 31.9 Å². The minimum Gasteiger partial charge on any atom is -0.444 e. The molecule has 4 rings (SSSR count). The topological polar surface area (TPSA) is 104 Å². The maximum atomic E-state index is 12.5. The summed E-state index contributed by atoms with van der Waals surface area (Å²) in [5.41, 5.74) is 4.64. The fourth-order valence-corrected chi connectivity index (χ4v) is 4.38. The van der Waals surface area contributed by atoms with Crippen LogP contribution in [-0.4, -0.2) is 77.2 Å². The van der Waals surface area contributed by atoms with Gasteiger partial charge >= 0.3 is 6.09 Å². The average Bonchev–Trinajstić information content (AvgIpc) is 2.91. The molecule has 3 heterocycles. The first-order valence-electron chi connectivity index (χ1n) is 13.1. The molecule has 10 nitrogen and oxygen atoms in total. The van der Waals surface area contributed by atoms with E-state index in [1.807, 2.05) is 55.1 Å². The van der Waals surface area contributed by atoms with Gasteiger partial charge < -0.3 is 24.8 Å². The van der Waals surface area contributed by atoms with Gasteiger partial charge in [-0.25, -0.2) is 14.8 Å². The molecule has 3 aromatic rings. The Balaban J connectivity index is 1.31. The van der Waals surface area contributed by atoms with Crippen LogP contribution in [0.4, 0.5) is 16.4 Å². The van der Waals surface area contributed by atoms with E-state index in [0.29, 0.717) is 6.54 Å². The molecule has 1 aromatic carbocycles. The third-order valence-electron chi connectivity index (χ3n) is 6.44. The normalized spacial score (nSPS) is 13.7. The van der Waals surface area contributed by atoms with Gasteiger partial charge in [0.05, 0.1) is 11.9 Å². The van der Waals surface area contributed by atoms with E-state index in [1.165, 1.54) is 11.3 Å². The second kappa shape index (κ2) is 12.1. The molecule has 0 saturated carbocycles. The Labute approximate surface area is 230 Å². The maximum absolute atomic E-state index is 12.5. The van der Waals surface area contributed by atoms with Crippen LogP contribution in [0.5, 0.6) is 0 Å². The Morgan fingerprint density at radius 3 is 2.36 bits per heavy atom. The number of benzene rings is 1. The van der Waals surface area contributed by atoms with E-state index in [1.54, 1.807) is 32.7 Å². The molecule has 0 bridgehead atoms. The Hall–Kier alpha value is -4.21. The standard InChI is InChI=1S/C29H37N7O3/c1-21-9-10-30-18-25(21)35-11-13-36(14-12-35)27-31-16-24(17-32-27)23-8-6-7-22(15-23)20-34(5)26(37)19-33-28(38)39-29(2,3)4/h6-10,15-18H,11-14,19-20H2,1-5H3,(H,33,38). The molecule has 10 heteroatoms. The van der Waals surface area contributed by atoms with Crippen LogP contribution in [0, 0.1) is 6.92 Å². The second-order valence-corrected chi connectivity index (χ2v) is 10.7. The van der Waals surface area contributed by atoms with Crippen molar-refractivity contribution in [2.24, 2.45) is 0 Å². The first-order chi connectivity index (χ1) is 18.6. The molecule has 0 aliphatic carbocycles. The molecule has 1 aliphatic heterocycles. The van der Waals surface area contributed by atoms with Crippen LogP contribution in [-0.2, 0) is 16.1 Å². The minimum absolute atomic E-state index is 0.128. The molecule has 0 spiro atoms. The molecular weight excluding hydrogens is 494 g/mol. The Morgan fingerprint density at radius 1 is 1.00 bits per heavy atom. The van der Waals surface area contributed by atoms with Gasteiger partial charge in [-0.2, -0.15) is 0 Å². The number of likely N-dealkylation sites (N-methyl/N-ethyl adjacent to an activating group) is 1. The zero-order valence-corrected chi connectivity index (χ0v) is 23.3. The molecule has 2 amide bonds. The molecule has 1 fully saturated rings. The number of alkyl carbamates (subject to hydrolysis) is 1. The number of hydrogen-bond acceptors (Lipinski definition) is 8. The Morgan fingerprint density at radius 2 is 1.69 bits per heavy atom. The van der Waals surface area contributed by atoms with Crippen LogP contribution >= 0.6 is 0 Å². The van der Waals surface area contributed by atoms with Gasteiger partial charge in [-0.3, -0.25) is 9.78 Å². The van der Waals surface area contributed by atoms with E-state index in [4.69, 9.17) is 4.74 Å². The predicted molar refractivity (Wildman–Crippen MR) is 152 cm³/mol. The number of pyridine rings is 1. The predicted octanol–water partition coefficient (Wildman–Crippen LogP) is 3.66. The lowest BCUT2D eigenvalue weighted by atomic mass is 10.1. The van der Waals surface area contributed by atoms with Gasteiger partial charge in [0.2, 0.25) is 11.9 Å². The van der Waals surface area contributed by atoms with Crippen molar-refractivity contribution in [2.45, 2.75) is 39.8 Å². The summed E-state index contributed by atoms with van der Waals surface area (Å²) < 4.78 is 5.19. The third-order valence-corrected chi connectivity index (χ3v) is 6.44. The Bertz CT molecular complexity index is 1280. The van der Waals surface area contributed by atoms with Gasteiger partial charge in [0.1, 0.15) is 12.1 Å². The number of amides is 2. The van der Waals surface area contributed by atoms with Gasteiger partial charge in [-0.15, -0.1) is 0 Å². The Kier molecular flexibility index (Phi) is 8.63. The average molecular weight is 532 g/mol. The van der Waals surface area contributed by atoms with Crippen molar-refractivity contribution >= 4 is 23.6 Å². The van der Waals surface area contributed by atoms with Gasteiger partial charge in [-0.05, 0) is 56.5 Å². The van der Waals surface area contributed by atoms with E-state index in [9.17, 15) is 9.59 Å². The number of carbonyl (C=O) groups is 2. The van der Waals surface area contributed by atoms with Crippen molar-refractivity contribution in [3.8, 4) is 11.1 Å². The smallest absolute Gasteiger partial charge is 0.408 e. The van der Waals surface area contributed by atoms with Gasteiger partial charge in [0.15, 0.2) is 0 Å². The number of anilines is 2. The first kappa shape index (κ1) is 27.8. The number of piperazine rings is 1. The lowest BCUT2D eigenvalue weighted by Gasteiger charge is -2.36. The lowest BCUT2D eigenvalue weighted by Crippen LogP contribution is -2.47. The molecule has 2 aromatic heterocycles. The highest BCUT2D eigenvalue weighted by Gasteiger charge is 2.21. The van der Waals surface area contributed by atoms with Gasteiger partial charge in [0.25, 0.3) is 0 Å². The summed E-state index contributed by atoms with van der Waals surface area (Å²) in [6, 6.07) is 9.99. The molecule has 39 heavy (non-hydrogen) atoms. The maximum Gasteiger partial charge on any atom is 0.408 e. The zero-order valence-electron chi connectivity index (χ0n) is 23.3. The third kappa shape index (κ3) is 7.66. The SMILES string of the molecule is Cc1ccncc1N1CCN(c2ncc(-c3cccc(CN(C)C(=O)CNC(=O)OC(C)(C)C)c3)cn2)CC1. The molecule has 0 atom stereocenters. The molecule has 1 saturated heterocycles. The number of carbonyl (C=O) groups excluding carboxylic acids is 2. The van der Waals surface area contributed by atoms with Crippen LogP contribution in [0.2, 0.25) is 0 Å². The number of nitrogens with one attached hydrogen (secondary N) is 1. The number of ether oxygens (including phenoxy) is 1. The molecular formula is C29H37N7O3. The highest BCUT2D eigenvalue weighted by atomic mass is 16.6. The quantitative estimate of drug-likeness (QED) is 0.493. The summed E-state index contributed by atoms with van der Waals surface area (Å²) in [5.74, 6) is 0.512. The van der Waals surface area contributed by atoms with E-state index in [0.717, 1.165) is 48.8 Å². The lowest BCUT2D eigenvalue weighted by molar-refractivity contribution is -0.129. The summed E-state index contributed by atoms with van der Waals surface area (Å²) in [6.07, 6.45) is 6.83. The van der Waals surface area contributed by atoms with Crippen molar-refractivity contribution in [2.75, 3.05) is 49.6 Å². The highest BCUT2D eigenvalue weighted by molar-refractivity contribution is 5.82. The first-order valence-corrected chi connectivity index (χ1v) is 13.1. The number of rotatable bonds is 7. The van der Waals surface area contributed by atoms with Gasteiger partial charge in [0, 0.05) is 63.9 Å². The van der Waals surface area contributed by atoms with E-state index in [2.05, 4.69) is 37.0 Å². The number of hydrogen-bond donors (Lipinski definition) is 1. The second-order valence-electron chi connectivity index (χ2n) is 10.7. The van der Waals surface area contributed by atoms with Crippen molar-refractivity contribution in [3.05, 3.63) is 66.2 Å². The number of aryl methyl sites for hydroxylation is 1. The zero-order chi connectivity index (χ0) is 28.0. The van der Waals surface area contributed by atoms with Crippen LogP contribution in [0.15, 0.2) is 55.1 Å². The molecule has 0 radical (unpaired) electrons. The monoisotopic (exact) mass is 531 g/mol. The molecule has 1 N–H and O–H groups in total. The van der Waals surface area contributed by atoms with E-state index < -0.39 is 11.7 Å². The fourth-order valence-electron chi connectivity index (χ4n) is 4.38. The van der Waals surface area contributed by atoms with Gasteiger partial charge in [-0.1, -0.05) is 18.2 Å². The van der Waals surface area contributed by atoms with E-state index in [-0.39, 0.29) is 12.5 Å².